The third-order valence-electron chi connectivity index (χ3n) is 7.89. The van der Waals surface area contributed by atoms with Crippen LogP contribution in [0.2, 0.25) is 5.02 Å². The van der Waals surface area contributed by atoms with Crippen molar-refractivity contribution in [1.29, 1.82) is 0 Å². The predicted octanol–water partition coefficient (Wildman–Crippen LogP) is 5.95. The lowest BCUT2D eigenvalue weighted by Gasteiger charge is -2.27. The second-order valence-corrected chi connectivity index (χ2v) is 11.0. The van der Waals surface area contributed by atoms with Crippen LogP contribution < -0.4 is 10.3 Å². The number of aromatic amines is 1. The topological polar surface area (TPSA) is 84.5 Å². The molecule has 8 heteroatoms. The van der Waals surface area contributed by atoms with E-state index in [-0.39, 0.29) is 29.7 Å². The van der Waals surface area contributed by atoms with Crippen molar-refractivity contribution in [2.45, 2.75) is 51.2 Å². The lowest BCUT2D eigenvalue weighted by Crippen LogP contribution is -2.40. The lowest BCUT2D eigenvalue weighted by molar-refractivity contribution is 0.0506. The predicted molar refractivity (Wildman–Crippen MR) is 156 cm³/mol. The zero-order chi connectivity index (χ0) is 27.6. The number of aromatic nitrogens is 2. The van der Waals surface area contributed by atoms with Gasteiger partial charge in [0, 0.05) is 41.4 Å². The smallest absolute Gasteiger partial charge is 0.261 e. The Kier molecular flexibility index (Phi) is 7.59. The highest BCUT2D eigenvalue weighted by Crippen LogP contribution is 2.30. The molecule has 1 aliphatic heterocycles. The van der Waals surface area contributed by atoms with Gasteiger partial charge in [0.2, 0.25) is 0 Å². The van der Waals surface area contributed by atoms with Gasteiger partial charge in [0.25, 0.3) is 11.5 Å². The molecule has 40 heavy (non-hydrogen) atoms. The van der Waals surface area contributed by atoms with E-state index in [1.165, 1.54) is 0 Å². The number of hydrogen-bond acceptors (Lipinski definition) is 5. The Bertz CT molecular complexity index is 1610. The minimum Gasteiger partial charge on any atom is -0.497 e. The van der Waals surface area contributed by atoms with E-state index in [1.54, 1.807) is 12.0 Å². The fourth-order valence-corrected chi connectivity index (χ4v) is 5.93. The average molecular weight is 558 g/mol. The van der Waals surface area contributed by atoms with Gasteiger partial charge in [-0.25, -0.2) is 4.98 Å². The average Bonchev–Trinajstić information content (AvgIpc) is 3.49. The van der Waals surface area contributed by atoms with Crippen LogP contribution in [0.15, 0.2) is 59.4 Å². The first-order valence-electron chi connectivity index (χ1n) is 13.9. The molecule has 2 aromatic heterocycles. The van der Waals surface area contributed by atoms with Crippen LogP contribution in [0.5, 0.6) is 5.75 Å². The maximum atomic E-state index is 14.1. The second kappa shape index (κ2) is 11.4. The maximum absolute atomic E-state index is 14.1. The molecule has 1 atom stereocenters. The van der Waals surface area contributed by atoms with Gasteiger partial charge in [-0.2, -0.15) is 0 Å². The molecule has 1 saturated heterocycles. The number of ether oxygens (including phenoxy) is 2. The first-order chi connectivity index (χ1) is 19.5. The van der Waals surface area contributed by atoms with Crippen LogP contribution in [0.25, 0.3) is 22.2 Å². The Labute approximate surface area is 238 Å². The van der Waals surface area contributed by atoms with Gasteiger partial charge in [-0.1, -0.05) is 17.7 Å². The molecule has 2 aliphatic rings. The third-order valence-corrected chi connectivity index (χ3v) is 8.12. The monoisotopic (exact) mass is 557 g/mol. The van der Waals surface area contributed by atoms with E-state index in [9.17, 15) is 9.59 Å². The van der Waals surface area contributed by atoms with Crippen LogP contribution in [0.1, 0.15) is 52.9 Å². The van der Waals surface area contributed by atoms with Crippen molar-refractivity contribution in [3.8, 4) is 17.0 Å². The number of carbonyl (C=O) groups excluding carboxylic acids is 1. The number of methoxy groups -OCH3 is 1. The van der Waals surface area contributed by atoms with Crippen molar-refractivity contribution in [3.63, 3.8) is 0 Å². The number of nitrogens with one attached hydrogen (secondary N) is 1. The van der Waals surface area contributed by atoms with Gasteiger partial charge in [0.15, 0.2) is 0 Å². The number of carbonyl (C=O) groups is 1. The van der Waals surface area contributed by atoms with Gasteiger partial charge in [-0.3, -0.25) is 9.59 Å². The molecule has 0 spiro atoms. The van der Waals surface area contributed by atoms with Crippen LogP contribution in [-0.2, 0) is 24.1 Å². The first kappa shape index (κ1) is 26.5. The van der Waals surface area contributed by atoms with Crippen molar-refractivity contribution in [2.24, 2.45) is 0 Å². The molecule has 6 rings (SSSR count). The summed E-state index contributed by atoms with van der Waals surface area (Å²) in [5, 5.41) is 1.53. The first-order valence-corrected chi connectivity index (χ1v) is 14.3. The number of hydrogen-bond donors (Lipinski definition) is 1. The van der Waals surface area contributed by atoms with Crippen LogP contribution in [0.3, 0.4) is 0 Å². The van der Waals surface area contributed by atoms with Crippen molar-refractivity contribution in [3.05, 3.63) is 92.4 Å². The summed E-state index contributed by atoms with van der Waals surface area (Å²) in [4.78, 5) is 36.9. The normalized spacial score (nSPS) is 16.6. The van der Waals surface area contributed by atoms with Crippen LogP contribution in [0, 0.1) is 0 Å². The Hall–Kier alpha value is -3.68. The van der Waals surface area contributed by atoms with Crippen molar-refractivity contribution >= 4 is 28.4 Å². The third kappa shape index (κ3) is 5.49. The zero-order valence-electron chi connectivity index (χ0n) is 22.5. The highest BCUT2D eigenvalue weighted by Gasteiger charge is 2.27. The summed E-state index contributed by atoms with van der Waals surface area (Å²) < 4.78 is 11.3. The highest BCUT2D eigenvalue weighted by atomic mass is 35.5. The van der Waals surface area contributed by atoms with E-state index < -0.39 is 0 Å². The number of aryl methyl sites for hydroxylation is 2. The lowest BCUT2D eigenvalue weighted by atomic mass is 9.94. The number of halogens is 1. The van der Waals surface area contributed by atoms with E-state index >= 15 is 0 Å². The molecule has 4 aromatic rings. The van der Waals surface area contributed by atoms with E-state index in [4.69, 9.17) is 26.1 Å². The molecule has 1 unspecified atom stereocenters. The standard InChI is InChI=1S/C32H32ClN3O4/c1-39-25-12-9-20(10-13-25)30-23(15-22-8-11-24(33)17-29(22)34-30)18-36(19-26-6-4-14-40-26)32(38)27-16-21-5-2-3-7-28(21)35-31(27)37/h8-13,15-17,26H,2-7,14,18-19H2,1H3,(H,35,37). The van der Waals surface area contributed by atoms with Crippen LogP contribution in [0.4, 0.5) is 0 Å². The summed E-state index contributed by atoms with van der Waals surface area (Å²) in [5.41, 5.74) is 5.17. The molecule has 1 fully saturated rings. The molecule has 1 N–H and O–H groups in total. The minimum absolute atomic E-state index is 0.0719. The Morgan fingerprint density at radius 1 is 1.10 bits per heavy atom. The van der Waals surface area contributed by atoms with Crippen molar-refractivity contribution in [1.82, 2.24) is 14.9 Å². The number of fused-ring (bicyclic) bond motifs is 2. The largest absolute Gasteiger partial charge is 0.497 e. The molecule has 0 radical (unpaired) electrons. The molecule has 2 aromatic carbocycles. The number of H-pyrrole nitrogens is 1. The second-order valence-electron chi connectivity index (χ2n) is 10.6. The molecule has 1 amide bonds. The van der Waals surface area contributed by atoms with Gasteiger partial charge in [0.05, 0.1) is 24.4 Å². The summed E-state index contributed by atoms with van der Waals surface area (Å²) >= 11 is 6.29. The van der Waals surface area contributed by atoms with E-state index in [2.05, 4.69) is 11.1 Å². The molecular formula is C32H32ClN3O4. The van der Waals surface area contributed by atoms with Crippen LogP contribution >= 0.6 is 11.6 Å². The minimum atomic E-state index is -0.329. The Morgan fingerprint density at radius 3 is 2.70 bits per heavy atom. The fourth-order valence-electron chi connectivity index (χ4n) is 5.77. The van der Waals surface area contributed by atoms with Crippen LogP contribution in [-0.4, -0.2) is 47.1 Å². The highest BCUT2D eigenvalue weighted by molar-refractivity contribution is 6.31. The summed E-state index contributed by atoms with van der Waals surface area (Å²) in [6.45, 7) is 1.36. The van der Waals surface area contributed by atoms with E-state index in [0.29, 0.717) is 18.2 Å². The molecule has 7 nitrogen and oxygen atoms in total. The fraction of sp³-hybridized carbons (Fsp3) is 0.344. The summed E-state index contributed by atoms with van der Waals surface area (Å²) in [5.74, 6) is 0.456. The quantitative estimate of drug-likeness (QED) is 0.303. The molecule has 1 aliphatic carbocycles. The number of amides is 1. The molecular weight excluding hydrogens is 526 g/mol. The van der Waals surface area contributed by atoms with Gasteiger partial charge in [-0.15, -0.1) is 0 Å². The summed E-state index contributed by atoms with van der Waals surface area (Å²) in [7, 11) is 1.63. The zero-order valence-corrected chi connectivity index (χ0v) is 23.3. The number of pyridine rings is 2. The molecule has 3 heterocycles. The number of nitrogens with zero attached hydrogens (tertiary/aromatic N) is 2. The van der Waals surface area contributed by atoms with Gasteiger partial charge in [0.1, 0.15) is 11.3 Å². The molecule has 206 valence electrons. The van der Waals surface area contributed by atoms with Gasteiger partial charge < -0.3 is 19.4 Å². The van der Waals surface area contributed by atoms with Crippen molar-refractivity contribution < 1.29 is 14.3 Å². The maximum Gasteiger partial charge on any atom is 0.261 e. The van der Waals surface area contributed by atoms with E-state index in [0.717, 1.165) is 83.3 Å². The Balaban J connectivity index is 1.43. The van der Waals surface area contributed by atoms with Crippen molar-refractivity contribution in [2.75, 3.05) is 20.3 Å². The summed E-state index contributed by atoms with van der Waals surface area (Å²) in [6, 6.07) is 17.2. The number of rotatable bonds is 7. The SMILES string of the molecule is COc1ccc(-c2nc3cc(Cl)ccc3cc2CN(CC2CCCO2)C(=O)c2cc3c([nH]c2=O)CCCC3)cc1. The number of benzene rings is 2. The molecule has 0 bridgehead atoms. The summed E-state index contributed by atoms with van der Waals surface area (Å²) in [6.07, 6.45) is 5.59. The van der Waals surface area contributed by atoms with Gasteiger partial charge >= 0.3 is 0 Å². The molecule has 0 saturated carbocycles. The van der Waals surface area contributed by atoms with Gasteiger partial charge in [-0.05, 0) is 98.2 Å². The van der Waals surface area contributed by atoms with E-state index in [1.807, 2.05) is 48.5 Å². The Morgan fingerprint density at radius 2 is 1.93 bits per heavy atom.